The molecule has 1 saturated heterocycles. The Kier molecular flexibility index (Phi) is 5.11. The van der Waals surface area contributed by atoms with Crippen LogP contribution < -0.4 is 20.5 Å². The van der Waals surface area contributed by atoms with E-state index in [2.05, 4.69) is 25.2 Å². The van der Waals surface area contributed by atoms with Crippen LogP contribution in [0.4, 0.5) is 11.9 Å². The molecule has 0 spiro atoms. The van der Waals surface area contributed by atoms with Crippen LogP contribution in [-0.4, -0.2) is 48.0 Å². The van der Waals surface area contributed by atoms with Gasteiger partial charge in [0.15, 0.2) is 17.0 Å². The van der Waals surface area contributed by atoms with Gasteiger partial charge >= 0.3 is 0 Å². The van der Waals surface area contributed by atoms with Crippen molar-refractivity contribution >= 4 is 28.8 Å². The molecule has 9 heteroatoms. The molecule has 0 radical (unpaired) electrons. The lowest BCUT2D eigenvalue weighted by Crippen LogP contribution is -2.28. The Labute approximate surface area is 167 Å². The van der Waals surface area contributed by atoms with Gasteiger partial charge in [-0.1, -0.05) is 12.1 Å². The van der Waals surface area contributed by atoms with Crippen molar-refractivity contribution in [3.8, 4) is 0 Å². The minimum atomic E-state index is -0.498. The van der Waals surface area contributed by atoms with E-state index in [1.807, 2.05) is 14.1 Å². The van der Waals surface area contributed by atoms with Crippen molar-refractivity contribution in [1.29, 1.82) is 0 Å². The Morgan fingerprint density at radius 3 is 2.69 bits per heavy atom. The Morgan fingerprint density at radius 1 is 1.17 bits per heavy atom. The number of hydrogen-bond acceptors (Lipinski definition) is 8. The van der Waals surface area contributed by atoms with Crippen molar-refractivity contribution in [3.05, 3.63) is 52.1 Å². The van der Waals surface area contributed by atoms with Crippen LogP contribution in [0.15, 0.2) is 39.5 Å². The highest BCUT2D eigenvalue weighted by Crippen LogP contribution is 2.18. The van der Waals surface area contributed by atoms with Gasteiger partial charge in [-0.2, -0.15) is 15.0 Å². The molecule has 0 unspecified atom stereocenters. The summed E-state index contributed by atoms with van der Waals surface area (Å²) in [5.41, 5.74) is 0.111. The zero-order valence-electron chi connectivity index (χ0n) is 16.4. The molecule has 1 aliphatic heterocycles. The van der Waals surface area contributed by atoms with E-state index in [4.69, 9.17) is 4.42 Å². The summed E-state index contributed by atoms with van der Waals surface area (Å²) in [6.07, 6.45) is 2.21. The van der Waals surface area contributed by atoms with E-state index in [9.17, 15) is 9.59 Å². The second-order valence-corrected chi connectivity index (χ2v) is 7.09. The average molecular weight is 394 g/mol. The number of nitrogens with one attached hydrogen (secondary N) is 1. The number of nitrogens with zero attached hydrogens (tertiary/aromatic N) is 5. The predicted octanol–water partition coefficient (Wildman–Crippen LogP) is 1.57. The van der Waals surface area contributed by atoms with Gasteiger partial charge in [0.25, 0.3) is 5.91 Å². The highest BCUT2D eigenvalue weighted by atomic mass is 16.3. The molecule has 0 bridgehead atoms. The van der Waals surface area contributed by atoms with Crippen LogP contribution >= 0.6 is 0 Å². The molecule has 2 aromatic heterocycles. The van der Waals surface area contributed by atoms with Crippen molar-refractivity contribution in [1.82, 2.24) is 20.3 Å². The van der Waals surface area contributed by atoms with Gasteiger partial charge in [-0.3, -0.25) is 9.59 Å². The Bertz CT molecular complexity index is 1100. The standard InChI is InChI=1S/C20H22N6O3/c1-25(2)19-22-17(23-20(24-19)26-9-5-6-10-26)12-21-18(28)16-11-14(27)13-7-3-4-8-15(13)29-16/h3-4,7-8,11H,5-6,9-10,12H2,1-2H3,(H,21,28). The second kappa shape index (κ2) is 7.86. The number of carbonyl (C=O) groups excluding carboxylic acids is 1. The van der Waals surface area contributed by atoms with E-state index in [0.717, 1.165) is 25.9 Å². The monoisotopic (exact) mass is 394 g/mol. The zero-order chi connectivity index (χ0) is 20.4. The molecule has 3 heterocycles. The highest BCUT2D eigenvalue weighted by molar-refractivity contribution is 5.93. The first-order valence-electron chi connectivity index (χ1n) is 9.49. The van der Waals surface area contributed by atoms with E-state index < -0.39 is 5.91 Å². The lowest BCUT2D eigenvalue weighted by molar-refractivity contribution is 0.0922. The topological polar surface area (TPSA) is 104 Å². The lowest BCUT2D eigenvalue weighted by Gasteiger charge is -2.18. The van der Waals surface area contributed by atoms with E-state index >= 15 is 0 Å². The van der Waals surface area contributed by atoms with Gasteiger partial charge in [-0.05, 0) is 25.0 Å². The van der Waals surface area contributed by atoms with Crippen molar-refractivity contribution in [3.63, 3.8) is 0 Å². The lowest BCUT2D eigenvalue weighted by atomic mass is 10.2. The van der Waals surface area contributed by atoms with Crippen LogP contribution in [0.25, 0.3) is 11.0 Å². The van der Waals surface area contributed by atoms with Crippen molar-refractivity contribution in [2.24, 2.45) is 0 Å². The molecule has 29 heavy (non-hydrogen) atoms. The number of fused-ring (bicyclic) bond motifs is 1. The fourth-order valence-corrected chi connectivity index (χ4v) is 3.20. The predicted molar refractivity (Wildman–Crippen MR) is 109 cm³/mol. The van der Waals surface area contributed by atoms with Crippen LogP contribution in [0.5, 0.6) is 0 Å². The SMILES string of the molecule is CN(C)c1nc(CNC(=O)c2cc(=O)c3ccccc3o2)nc(N2CCCC2)n1. The minimum absolute atomic E-state index is 0.0460. The van der Waals surface area contributed by atoms with Crippen LogP contribution in [0.2, 0.25) is 0 Å². The summed E-state index contributed by atoms with van der Waals surface area (Å²) < 4.78 is 5.58. The first-order valence-corrected chi connectivity index (χ1v) is 9.49. The largest absolute Gasteiger partial charge is 0.451 e. The summed E-state index contributed by atoms with van der Waals surface area (Å²) in [5, 5.41) is 3.17. The molecule has 1 aliphatic rings. The quantitative estimate of drug-likeness (QED) is 0.695. The number of para-hydroxylation sites is 1. The molecule has 1 N–H and O–H groups in total. The summed E-state index contributed by atoms with van der Waals surface area (Å²) in [5.74, 6) is 1.05. The minimum Gasteiger partial charge on any atom is -0.451 e. The number of amides is 1. The third-order valence-electron chi connectivity index (χ3n) is 4.71. The Hall–Kier alpha value is -3.49. The number of anilines is 2. The van der Waals surface area contributed by atoms with E-state index in [1.165, 1.54) is 6.07 Å². The second-order valence-electron chi connectivity index (χ2n) is 7.09. The maximum absolute atomic E-state index is 12.5. The Morgan fingerprint density at radius 2 is 1.93 bits per heavy atom. The van der Waals surface area contributed by atoms with Gasteiger partial charge in [0.05, 0.1) is 11.9 Å². The maximum atomic E-state index is 12.5. The maximum Gasteiger partial charge on any atom is 0.287 e. The van der Waals surface area contributed by atoms with E-state index in [1.54, 1.807) is 29.2 Å². The summed E-state index contributed by atoms with van der Waals surface area (Å²) in [6, 6.07) is 8.02. The molecular formula is C20H22N6O3. The summed E-state index contributed by atoms with van der Waals surface area (Å²) >= 11 is 0. The molecule has 1 aromatic carbocycles. The third kappa shape index (κ3) is 4.03. The molecule has 0 atom stereocenters. The number of benzene rings is 1. The Balaban J connectivity index is 1.55. The molecule has 4 rings (SSSR count). The van der Waals surface area contributed by atoms with Gasteiger partial charge in [-0.25, -0.2) is 0 Å². The number of rotatable bonds is 5. The smallest absolute Gasteiger partial charge is 0.287 e. The molecule has 150 valence electrons. The summed E-state index contributed by atoms with van der Waals surface area (Å²) in [6.45, 7) is 1.91. The highest BCUT2D eigenvalue weighted by Gasteiger charge is 2.19. The molecule has 3 aromatic rings. The van der Waals surface area contributed by atoms with Crippen molar-refractivity contribution < 1.29 is 9.21 Å². The fraction of sp³-hybridized carbons (Fsp3) is 0.350. The number of aromatic nitrogens is 3. The molecule has 1 fully saturated rings. The van der Waals surface area contributed by atoms with Gasteiger partial charge in [-0.15, -0.1) is 0 Å². The van der Waals surface area contributed by atoms with E-state index in [-0.39, 0.29) is 17.7 Å². The first-order chi connectivity index (χ1) is 14.0. The van der Waals surface area contributed by atoms with Gasteiger partial charge < -0.3 is 19.5 Å². The summed E-state index contributed by atoms with van der Waals surface area (Å²) in [4.78, 5) is 42.1. The van der Waals surface area contributed by atoms with Gasteiger partial charge in [0.2, 0.25) is 11.9 Å². The van der Waals surface area contributed by atoms with Crippen molar-refractivity contribution in [2.45, 2.75) is 19.4 Å². The normalized spacial score (nSPS) is 13.7. The molecular weight excluding hydrogens is 372 g/mol. The van der Waals surface area contributed by atoms with Crippen LogP contribution in [0.3, 0.4) is 0 Å². The van der Waals surface area contributed by atoms with E-state index in [0.29, 0.717) is 28.7 Å². The van der Waals surface area contributed by atoms with Crippen LogP contribution in [0.1, 0.15) is 29.2 Å². The summed E-state index contributed by atoms with van der Waals surface area (Å²) in [7, 11) is 3.71. The van der Waals surface area contributed by atoms with Gasteiger partial charge in [0.1, 0.15) is 5.58 Å². The average Bonchev–Trinajstić information content (AvgIpc) is 3.26. The molecule has 0 saturated carbocycles. The molecule has 0 aliphatic carbocycles. The third-order valence-corrected chi connectivity index (χ3v) is 4.71. The van der Waals surface area contributed by atoms with Crippen LogP contribution in [0, 0.1) is 0 Å². The number of carbonyl (C=O) groups is 1. The van der Waals surface area contributed by atoms with Gasteiger partial charge in [0, 0.05) is 33.3 Å². The zero-order valence-corrected chi connectivity index (χ0v) is 16.4. The van der Waals surface area contributed by atoms with Crippen molar-refractivity contribution in [2.75, 3.05) is 37.0 Å². The van der Waals surface area contributed by atoms with Crippen LogP contribution in [-0.2, 0) is 6.54 Å². The fourth-order valence-electron chi connectivity index (χ4n) is 3.20. The molecule has 1 amide bonds. The first kappa shape index (κ1) is 18.9. The number of hydrogen-bond donors (Lipinski definition) is 1. The molecule has 9 nitrogen and oxygen atoms in total.